The Hall–Kier alpha value is -1.72. The molecule has 0 aromatic heterocycles. The fourth-order valence-corrected chi connectivity index (χ4v) is 3.78. The van der Waals surface area contributed by atoms with Gasteiger partial charge in [0, 0.05) is 26.2 Å². The highest BCUT2D eigenvalue weighted by atomic mass is 32.2. The van der Waals surface area contributed by atoms with Crippen LogP contribution in [0.3, 0.4) is 0 Å². The summed E-state index contributed by atoms with van der Waals surface area (Å²) in [5, 5.41) is 13.8. The number of sulfonamides is 1. The first-order valence-electron chi connectivity index (χ1n) is 9.09. The zero-order chi connectivity index (χ0) is 21.4. The SMILES string of the molecule is CO[NH+]([O-])c1ccccc1S(=O)(=O)N(C)CCCCCNC(=O)OC(C)(C)C. The molecule has 2 N–H and O–H groups in total. The minimum Gasteiger partial charge on any atom is -0.595 e. The van der Waals surface area contributed by atoms with Gasteiger partial charge in [0.15, 0.2) is 5.69 Å². The molecular weight excluding hydrogens is 386 g/mol. The van der Waals surface area contributed by atoms with Gasteiger partial charge in [-0.25, -0.2) is 22.4 Å². The third-order valence-electron chi connectivity index (χ3n) is 3.80. The van der Waals surface area contributed by atoms with Gasteiger partial charge in [0.05, 0.1) is 7.11 Å². The average Bonchev–Trinajstić information content (AvgIpc) is 2.62. The summed E-state index contributed by atoms with van der Waals surface area (Å²) in [6, 6.07) is 5.97. The lowest BCUT2D eigenvalue weighted by Gasteiger charge is -2.22. The molecule has 1 unspecified atom stereocenters. The van der Waals surface area contributed by atoms with E-state index in [1.807, 2.05) is 0 Å². The molecule has 1 rings (SSSR count). The van der Waals surface area contributed by atoms with Gasteiger partial charge in [0.1, 0.15) is 10.5 Å². The molecule has 28 heavy (non-hydrogen) atoms. The van der Waals surface area contributed by atoms with E-state index < -0.39 is 26.9 Å². The van der Waals surface area contributed by atoms with Crippen LogP contribution in [0.1, 0.15) is 40.0 Å². The summed E-state index contributed by atoms with van der Waals surface area (Å²) in [7, 11) is -1.12. The van der Waals surface area contributed by atoms with E-state index in [1.54, 1.807) is 32.9 Å². The molecule has 10 heteroatoms. The van der Waals surface area contributed by atoms with E-state index in [0.717, 1.165) is 6.42 Å². The van der Waals surface area contributed by atoms with Gasteiger partial charge in [-0.05, 0) is 39.7 Å². The third-order valence-corrected chi connectivity index (χ3v) is 5.71. The maximum absolute atomic E-state index is 12.8. The normalized spacial score (nSPS) is 13.4. The van der Waals surface area contributed by atoms with Crippen molar-refractivity contribution in [2.75, 3.05) is 27.2 Å². The fraction of sp³-hybridized carbons (Fsp3) is 0.611. The van der Waals surface area contributed by atoms with Gasteiger partial charge in [0.25, 0.3) is 0 Å². The largest absolute Gasteiger partial charge is 0.595 e. The number of nitrogens with one attached hydrogen (secondary N) is 2. The molecule has 0 heterocycles. The van der Waals surface area contributed by atoms with Crippen molar-refractivity contribution in [2.24, 2.45) is 0 Å². The Bertz CT molecular complexity index is 733. The number of quaternary nitrogens is 1. The van der Waals surface area contributed by atoms with Crippen LogP contribution in [0.4, 0.5) is 10.5 Å². The van der Waals surface area contributed by atoms with Gasteiger partial charge in [0.2, 0.25) is 10.0 Å². The van der Waals surface area contributed by atoms with Crippen LogP contribution in [0.25, 0.3) is 0 Å². The molecular formula is C18H31N3O6S. The number of hydrogen-bond donors (Lipinski definition) is 2. The highest BCUT2D eigenvalue weighted by molar-refractivity contribution is 7.89. The zero-order valence-electron chi connectivity index (χ0n) is 17.1. The summed E-state index contributed by atoms with van der Waals surface area (Å²) in [6.07, 6.45) is 1.58. The second-order valence-corrected chi connectivity index (χ2v) is 9.32. The number of carbonyl (C=O) groups is 1. The van der Waals surface area contributed by atoms with Gasteiger partial charge in [-0.2, -0.15) is 5.23 Å². The number of rotatable bonds is 10. The van der Waals surface area contributed by atoms with Crippen LogP contribution in [0.2, 0.25) is 0 Å². The van der Waals surface area contributed by atoms with Crippen LogP contribution in [0.15, 0.2) is 29.2 Å². The predicted octanol–water partition coefficient (Wildman–Crippen LogP) is 1.58. The van der Waals surface area contributed by atoms with Crippen molar-refractivity contribution in [3.63, 3.8) is 0 Å². The van der Waals surface area contributed by atoms with E-state index in [9.17, 15) is 18.4 Å². The van der Waals surface area contributed by atoms with Crippen LogP contribution in [0.5, 0.6) is 0 Å². The smallest absolute Gasteiger partial charge is 0.407 e. The van der Waals surface area contributed by atoms with Crippen molar-refractivity contribution in [1.29, 1.82) is 0 Å². The Morgan fingerprint density at radius 3 is 2.46 bits per heavy atom. The van der Waals surface area contributed by atoms with Crippen LogP contribution in [-0.2, 0) is 19.6 Å². The number of amides is 1. The molecule has 0 aliphatic heterocycles. The first-order chi connectivity index (χ1) is 13.0. The summed E-state index contributed by atoms with van der Waals surface area (Å²) in [6.45, 7) is 6.13. The molecule has 1 amide bonds. The number of nitrogens with zero attached hydrogens (tertiary/aromatic N) is 1. The topological polar surface area (TPSA) is 112 Å². The summed E-state index contributed by atoms with van der Waals surface area (Å²) in [5.41, 5.74) is -0.528. The predicted molar refractivity (Wildman–Crippen MR) is 105 cm³/mol. The van der Waals surface area contributed by atoms with E-state index >= 15 is 0 Å². The van der Waals surface area contributed by atoms with Crippen LogP contribution in [-0.4, -0.2) is 51.7 Å². The number of ether oxygens (including phenoxy) is 1. The monoisotopic (exact) mass is 417 g/mol. The van der Waals surface area contributed by atoms with E-state index in [1.165, 1.54) is 30.6 Å². The lowest BCUT2D eigenvalue weighted by Crippen LogP contribution is -3.00. The molecule has 0 spiro atoms. The van der Waals surface area contributed by atoms with Crippen molar-refractivity contribution in [1.82, 2.24) is 9.62 Å². The van der Waals surface area contributed by atoms with E-state index in [4.69, 9.17) is 4.74 Å². The van der Waals surface area contributed by atoms with Gasteiger partial charge in [-0.1, -0.05) is 18.6 Å². The lowest BCUT2D eigenvalue weighted by atomic mass is 10.2. The highest BCUT2D eigenvalue weighted by Gasteiger charge is 2.27. The second-order valence-electron chi connectivity index (χ2n) is 7.30. The van der Waals surface area contributed by atoms with Gasteiger partial charge in [-0.3, -0.25) is 0 Å². The van der Waals surface area contributed by atoms with Crippen molar-refractivity contribution >= 4 is 21.8 Å². The van der Waals surface area contributed by atoms with E-state index in [-0.39, 0.29) is 10.6 Å². The number of carbonyl (C=O) groups excluding carboxylic acids is 1. The molecule has 1 atom stereocenters. The molecule has 1 aromatic rings. The molecule has 0 bridgehead atoms. The molecule has 0 saturated carbocycles. The maximum atomic E-state index is 12.8. The van der Waals surface area contributed by atoms with E-state index in [0.29, 0.717) is 25.9 Å². The molecule has 0 fully saturated rings. The van der Waals surface area contributed by atoms with Crippen LogP contribution in [0, 0.1) is 5.21 Å². The minimum absolute atomic E-state index is 0.0124. The first kappa shape index (κ1) is 24.3. The van der Waals surface area contributed by atoms with Gasteiger partial charge < -0.3 is 15.3 Å². The van der Waals surface area contributed by atoms with Gasteiger partial charge in [-0.15, -0.1) is 0 Å². The van der Waals surface area contributed by atoms with Crippen LogP contribution >= 0.6 is 0 Å². The average molecular weight is 418 g/mol. The molecule has 160 valence electrons. The Morgan fingerprint density at radius 2 is 1.86 bits per heavy atom. The Kier molecular flexibility index (Phi) is 9.31. The first-order valence-corrected chi connectivity index (χ1v) is 10.5. The van der Waals surface area contributed by atoms with Gasteiger partial charge >= 0.3 is 6.09 Å². The third kappa shape index (κ3) is 7.72. The Balaban J connectivity index is 2.49. The van der Waals surface area contributed by atoms with E-state index in [2.05, 4.69) is 10.2 Å². The summed E-state index contributed by atoms with van der Waals surface area (Å²) in [5.74, 6) is 0. The fourth-order valence-electron chi connectivity index (χ4n) is 2.40. The maximum Gasteiger partial charge on any atom is 0.407 e. The second kappa shape index (κ2) is 10.7. The van der Waals surface area contributed by atoms with Crippen molar-refractivity contribution in [3.05, 3.63) is 29.5 Å². The summed E-state index contributed by atoms with van der Waals surface area (Å²) < 4.78 is 31.9. The number of hydrogen-bond acceptors (Lipinski definition) is 6. The molecule has 0 radical (unpaired) electrons. The standard InChI is InChI=1S/C18H31N3O6S/c1-18(2,3)27-17(22)19-13-9-6-10-14-20(4)28(24,25)16-12-8-7-11-15(16)21(23)26-5/h7-8,11-12,21H,6,9-10,13-14H2,1-5H3,(H,19,22). The minimum atomic E-state index is -3.81. The van der Waals surface area contributed by atoms with Crippen LogP contribution < -0.4 is 10.5 Å². The number of unbranched alkanes of at least 4 members (excludes halogenated alkanes) is 2. The molecule has 1 aromatic carbocycles. The number of alkyl carbamates (subject to hydrolysis) is 1. The summed E-state index contributed by atoms with van der Waals surface area (Å²) in [4.78, 5) is 16.1. The van der Waals surface area contributed by atoms with Crippen molar-refractivity contribution in [2.45, 2.75) is 50.5 Å². The Labute approximate surface area is 167 Å². The molecule has 0 aliphatic rings. The molecule has 0 aliphatic carbocycles. The van der Waals surface area contributed by atoms with Crippen molar-refractivity contribution in [3.8, 4) is 0 Å². The quantitative estimate of drug-likeness (QED) is 0.441. The zero-order valence-corrected chi connectivity index (χ0v) is 18.0. The Morgan fingerprint density at radius 1 is 1.21 bits per heavy atom. The molecule has 9 nitrogen and oxygen atoms in total. The lowest BCUT2D eigenvalue weighted by molar-refractivity contribution is -0.993. The summed E-state index contributed by atoms with van der Waals surface area (Å²) >= 11 is 0. The van der Waals surface area contributed by atoms with Crippen molar-refractivity contribution < 1.29 is 28.0 Å². The molecule has 0 saturated heterocycles. The number of benzene rings is 1. The highest BCUT2D eigenvalue weighted by Crippen LogP contribution is 2.21.